The van der Waals surface area contributed by atoms with Crippen LogP contribution in [0.2, 0.25) is 0 Å². The molecule has 3 aliphatic carbocycles. The number of hydrogen-bond donors (Lipinski definition) is 0. The van der Waals surface area contributed by atoms with Gasteiger partial charge in [-0.05, 0) is 132 Å². The molecule has 9 heteroatoms. The zero-order valence-corrected chi connectivity index (χ0v) is 29.9. The van der Waals surface area contributed by atoms with Crippen LogP contribution >= 0.6 is 0 Å². The summed E-state index contributed by atoms with van der Waals surface area (Å²) >= 11 is 0. The Balaban J connectivity index is 1.07. The molecule has 0 aliphatic heterocycles. The molecule has 9 rings (SSSR count). The first-order valence-electron chi connectivity index (χ1n) is 18.7. The number of esters is 3. The zero-order valence-electron chi connectivity index (χ0n) is 29.9. The molecule has 9 nitrogen and oxygen atoms in total. The predicted molar refractivity (Wildman–Crippen MR) is 197 cm³/mol. The van der Waals surface area contributed by atoms with Gasteiger partial charge in [-0.3, -0.25) is 0 Å². The van der Waals surface area contributed by atoms with Crippen molar-refractivity contribution >= 4 is 51.4 Å². The fraction of sp³-hybridized carbons (Fsp3) is 0.386. The van der Waals surface area contributed by atoms with Crippen molar-refractivity contribution in [2.45, 2.75) is 106 Å². The number of ether oxygens (including phenoxy) is 3. The second-order valence-corrected chi connectivity index (χ2v) is 15.6. The number of hydrogen-bond acceptors (Lipinski definition) is 9. The number of carbonyl (C=O) groups excluding carboxylic acids is 3. The number of fused-ring (bicyclic) bond motifs is 6. The van der Waals surface area contributed by atoms with E-state index >= 15 is 0 Å². The maximum absolute atomic E-state index is 13.4. The molecule has 3 fully saturated rings. The first-order valence-corrected chi connectivity index (χ1v) is 18.7. The molecule has 4 unspecified atom stereocenters. The molecule has 3 saturated carbocycles. The molecule has 6 heterocycles. The highest BCUT2D eigenvalue weighted by Crippen LogP contribution is 2.57. The van der Waals surface area contributed by atoms with Gasteiger partial charge in [0.15, 0.2) is 0 Å². The van der Waals surface area contributed by atoms with E-state index in [-0.39, 0.29) is 11.8 Å². The van der Waals surface area contributed by atoms with Crippen LogP contribution < -0.4 is 0 Å². The molecule has 4 atom stereocenters. The fourth-order valence-electron chi connectivity index (χ4n) is 9.92. The number of rotatable bonds is 11. The van der Waals surface area contributed by atoms with Gasteiger partial charge in [-0.25, -0.2) is 14.4 Å². The van der Waals surface area contributed by atoms with Gasteiger partial charge >= 0.3 is 17.9 Å². The van der Waals surface area contributed by atoms with E-state index in [0.29, 0.717) is 48.0 Å². The van der Waals surface area contributed by atoms with Gasteiger partial charge in [0.1, 0.15) is 50.3 Å². The smallest absolute Gasteiger partial charge is 0.334 e. The SMILES string of the molecule is C=CC(=O)OC1(c2cc3ccc2o3)CCCC(c2cc3cc(C4(OC(=O)C(=C)C)CCC(c5cc6cc(C7(OC(=O)C=C)CCCC7)c5o6)C4)c2o3)C1. The monoisotopic (exact) mass is 714 g/mol. The van der Waals surface area contributed by atoms with Gasteiger partial charge in [0.25, 0.3) is 0 Å². The lowest BCUT2D eigenvalue weighted by Crippen LogP contribution is -2.37. The van der Waals surface area contributed by atoms with Gasteiger partial charge in [0, 0.05) is 45.5 Å². The summed E-state index contributed by atoms with van der Waals surface area (Å²) < 4.78 is 37.5. The molecule has 272 valence electrons. The Morgan fingerprint density at radius 2 is 1.21 bits per heavy atom. The summed E-state index contributed by atoms with van der Waals surface area (Å²) in [5.41, 5.74) is 6.77. The van der Waals surface area contributed by atoms with Crippen LogP contribution in [-0.4, -0.2) is 17.9 Å². The Labute approximate surface area is 306 Å². The van der Waals surface area contributed by atoms with E-state index in [4.69, 9.17) is 27.5 Å². The molecule has 0 amide bonds. The molecular formula is C44H42O9. The maximum atomic E-state index is 13.4. The van der Waals surface area contributed by atoms with E-state index in [1.54, 1.807) is 6.92 Å². The lowest BCUT2D eigenvalue weighted by atomic mass is 9.71. The molecule has 53 heavy (non-hydrogen) atoms. The third-order valence-electron chi connectivity index (χ3n) is 12.3. The van der Waals surface area contributed by atoms with E-state index in [0.717, 1.165) is 89.5 Å². The molecule has 0 spiro atoms. The van der Waals surface area contributed by atoms with E-state index in [1.807, 2.05) is 30.3 Å². The summed E-state index contributed by atoms with van der Waals surface area (Å²) in [5.74, 6) is -1.36. The molecule has 6 aromatic rings. The normalized spacial score (nSPS) is 25.8. The highest BCUT2D eigenvalue weighted by atomic mass is 16.6. The summed E-state index contributed by atoms with van der Waals surface area (Å²) in [6, 6.07) is 14.0. The molecular weight excluding hydrogens is 672 g/mol. The van der Waals surface area contributed by atoms with Crippen LogP contribution in [0.5, 0.6) is 0 Å². The lowest BCUT2D eigenvalue weighted by molar-refractivity contribution is -0.159. The summed E-state index contributed by atoms with van der Waals surface area (Å²) in [4.78, 5) is 38.7. The maximum Gasteiger partial charge on any atom is 0.334 e. The molecule has 3 aliphatic rings. The highest BCUT2D eigenvalue weighted by Gasteiger charge is 2.51. The third-order valence-corrected chi connectivity index (χ3v) is 12.3. The van der Waals surface area contributed by atoms with Crippen LogP contribution in [0, 0.1) is 0 Å². The highest BCUT2D eigenvalue weighted by molar-refractivity contribution is 5.88. The molecule has 0 saturated heterocycles. The molecule has 0 radical (unpaired) electrons. The first kappa shape index (κ1) is 33.5. The van der Waals surface area contributed by atoms with E-state index in [2.05, 4.69) is 31.9 Å². The minimum Gasteiger partial charge on any atom is -0.457 e. The van der Waals surface area contributed by atoms with Gasteiger partial charge in [-0.15, -0.1) is 0 Å². The topological polar surface area (TPSA) is 118 Å². The van der Waals surface area contributed by atoms with Crippen LogP contribution in [0.15, 0.2) is 93.2 Å². The van der Waals surface area contributed by atoms with Crippen molar-refractivity contribution in [3.8, 4) is 0 Å². The van der Waals surface area contributed by atoms with Crippen molar-refractivity contribution < 1.29 is 41.8 Å². The summed E-state index contributed by atoms with van der Waals surface area (Å²) in [6.07, 6.45) is 10.5. The summed E-state index contributed by atoms with van der Waals surface area (Å²) in [6.45, 7) is 12.8. The molecule has 0 N–H and O–H groups in total. The van der Waals surface area contributed by atoms with Gasteiger partial charge in [-0.1, -0.05) is 19.7 Å². The molecule has 6 aromatic heterocycles. The van der Waals surface area contributed by atoms with E-state index < -0.39 is 34.7 Å². The number of benzene rings is 3. The van der Waals surface area contributed by atoms with Crippen LogP contribution in [0.4, 0.5) is 0 Å². The summed E-state index contributed by atoms with van der Waals surface area (Å²) in [5, 5.41) is 0. The van der Waals surface area contributed by atoms with Crippen molar-refractivity contribution in [1.82, 2.24) is 0 Å². The van der Waals surface area contributed by atoms with Crippen LogP contribution in [0.1, 0.15) is 117 Å². The van der Waals surface area contributed by atoms with Crippen molar-refractivity contribution in [2.24, 2.45) is 0 Å². The lowest BCUT2D eigenvalue weighted by Gasteiger charge is -2.40. The quantitative estimate of drug-likeness (QED) is 0.0734. The number of furan rings is 6. The van der Waals surface area contributed by atoms with Gasteiger partial charge in [0.05, 0.1) is 0 Å². The van der Waals surface area contributed by atoms with Crippen molar-refractivity contribution in [3.63, 3.8) is 0 Å². The second-order valence-electron chi connectivity index (χ2n) is 15.6. The largest absolute Gasteiger partial charge is 0.457 e. The second kappa shape index (κ2) is 12.1. The van der Waals surface area contributed by atoms with E-state index in [9.17, 15) is 14.4 Å². The van der Waals surface area contributed by atoms with E-state index in [1.165, 1.54) is 12.2 Å². The van der Waals surface area contributed by atoms with Crippen LogP contribution in [-0.2, 0) is 45.4 Å². The van der Waals surface area contributed by atoms with Crippen molar-refractivity contribution in [2.75, 3.05) is 0 Å². The average Bonchev–Trinajstić information content (AvgIpc) is 4.02. The minimum absolute atomic E-state index is 0.000432. The Morgan fingerprint density at radius 1 is 0.660 bits per heavy atom. The standard InChI is InChI=1S/C44H42O9/c1-5-37(45)51-42(14-7-8-15-42)34-21-29-19-32(39(34)49-29)27-13-17-44(24-27,53-41(47)25(3)4)35-22-30-18-31(40(35)50-30)26-10-9-16-43(23-26,52-38(46)6-2)33-20-28-11-12-36(33)48-28/h5-6,11-12,18-22,26-27H,1-3,7-10,13-17,23-24H2,4H3. The average molecular weight is 715 g/mol. The van der Waals surface area contributed by atoms with Crippen molar-refractivity contribution in [1.29, 1.82) is 0 Å². The number of carbonyl (C=O) groups is 3. The Kier molecular flexibility index (Phi) is 7.66. The van der Waals surface area contributed by atoms with Gasteiger partial charge in [0.2, 0.25) is 0 Å². The Hall–Kier alpha value is -5.31. The summed E-state index contributed by atoms with van der Waals surface area (Å²) in [7, 11) is 0. The molecule has 0 aromatic carbocycles. The Morgan fingerprint density at radius 3 is 1.75 bits per heavy atom. The first-order chi connectivity index (χ1) is 25.5. The van der Waals surface area contributed by atoms with Crippen molar-refractivity contribution in [3.05, 3.63) is 108 Å². The van der Waals surface area contributed by atoms with Crippen LogP contribution in [0.25, 0.3) is 33.5 Å². The third kappa shape index (κ3) is 5.30. The zero-order chi connectivity index (χ0) is 36.7. The minimum atomic E-state index is -0.977. The van der Waals surface area contributed by atoms with Gasteiger partial charge in [-0.2, -0.15) is 0 Å². The van der Waals surface area contributed by atoms with Gasteiger partial charge < -0.3 is 27.5 Å². The fourth-order valence-corrected chi connectivity index (χ4v) is 9.92. The van der Waals surface area contributed by atoms with Crippen LogP contribution in [0.3, 0.4) is 0 Å². The Bertz CT molecular complexity index is 2380. The molecule has 6 bridgehead atoms. The predicted octanol–water partition coefficient (Wildman–Crippen LogP) is 10.3.